The van der Waals surface area contributed by atoms with E-state index < -0.39 is 0 Å². The van der Waals surface area contributed by atoms with Crippen LogP contribution in [0, 0.1) is 5.92 Å². The summed E-state index contributed by atoms with van der Waals surface area (Å²) in [5, 5.41) is 0. The van der Waals surface area contributed by atoms with E-state index >= 15 is 0 Å². The first-order chi connectivity index (χ1) is 6.20. The molecule has 0 aromatic carbocycles. The molecule has 0 amide bonds. The molecule has 1 fully saturated rings. The minimum Gasteiger partial charge on any atom is -0.381 e. The second kappa shape index (κ2) is 4.94. The van der Waals surface area contributed by atoms with Gasteiger partial charge in [-0.15, -0.1) is 0 Å². The molecule has 3 heteroatoms. The van der Waals surface area contributed by atoms with Gasteiger partial charge in [0.2, 0.25) is 0 Å². The Bertz CT molecular complexity index is 140. The molecule has 1 aliphatic rings. The molecular formula is C10H21NO2. The molecule has 0 aromatic heterocycles. The van der Waals surface area contributed by atoms with Gasteiger partial charge in [0, 0.05) is 19.1 Å². The quantitative estimate of drug-likeness (QED) is 0.702. The first-order valence-electron chi connectivity index (χ1n) is 5.12. The third kappa shape index (κ3) is 3.25. The highest BCUT2D eigenvalue weighted by atomic mass is 16.5. The van der Waals surface area contributed by atoms with E-state index in [1.807, 2.05) is 0 Å². The molecule has 1 heterocycles. The summed E-state index contributed by atoms with van der Waals surface area (Å²) in [5.41, 5.74) is 5.51. The minimum absolute atomic E-state index is 0.136. The van der Waals surface area contributed by atoms with Gasteiger partial charge in [-0.3, -0.25) is 0 Å². The van der Waals surface area contributed by atoms with E-state index in [2.05, 4.69) is 13.8 Å². The first kappa shape index (κ1) is 11.0. The summed E-state index contributed by atoms with van der Waals surface area (Å²) in [6.07, 6.45) is 2.10. The normalized spacial score (nSPS) is 27.5. The van der Waals surface area contributed by atoms with E-state index in [9.17, 15) is 0 Å². The highest BCUT2D eigenvalue weighted by Gasteiger charge is 2.24. The number of ether oxygens (including phenoxy) is 2. The van der Waals surface area contributed by atoms with Crippen LogP contribution in [0.4, 0.5) is 0 Å². The van der Waals surface area contributed by atoms with Gasteiger partial charge in [-0.05, 0) is 19.8 Å². The summed E-state index contributed by atoms with van der Waals surface area (Å²) < 4.78 is 11.1. The van der Waals surface area contributed by atoms with Crippen LogP contribution in [0.1, 0.15) is 26.7 Å². The van der Waals surface area contributed by atoms with E-state index in [1.54, 1.807) is 0 Å². The molecule has 0 aromatic rings. The van der Waals surface area contributed by atoms with Crippen LogP contribution in [0.2, 0.25) is 0 Å². The van der Waals surface area contributed by atoms with Crippen LogP contribution in [-0.4, -0.2) is 32.0 Å². The maximum absolute atomic E-state index is 5.81. The van der Waals surface area contributed by atoms with Crippen molar-refractivity contribution in [3.63, 3.8) is 0 Å². The van der Waals surface area contributed by atoms with Crippen LogP contribution in [0.25, 0.3) is 0 Å². The molecule has 13 heavy (non-hydrogen) atoms. The molecule has 3 nitrogen and oxygen atoms in total. The van der Waals surface area contributed by atoms with Gasteiger partial charge in [-0.25, -0.2) is 0 Å². The molecule has 0 aliphatic carbocycles. The standard InChI is InChI=1S/C10H21NO2/c1-3-10(2,8-11)13-7-9-4-5-12-6-9/h9H,3-8,11H2,1-2H3. The van der Waals surface area contributed by atoms with Crippen LogP contribution < -0.4 is 5.73 Å². The van der Waals surface area contributed by atoms with Gasteiger partial charge < -0.3 is 15.2 Å². The first-order valence-corrected chi connectivity index (χ1v) is 5.12. The number of hydrogen-bond donors (Lipinski definition) is 1. The van der Waals surface area contributed by atoms with Gasteiger partial charge in [0.15, 0.2) is 0 Å². The molecule has 2 N–H and O–H groups in total. The summed E-state index contributed by atoms with van der Waals surface area (Å²) in [7, 11) is 0. The van der Waals surface area contributed by atoms with Gasteiger partial charge in [0.1, 0.15) is 0 Å². The minimum atomic E-state index is -0.136. The van der Waals surface area contributed by atoms with E-state index in [-0.39, 0.29) is 5.60 Å². The predicted molar refractivity (Wildman–Crippen MR) is 52.6 cm³/mol. The van der Waals surface area contributed by atoms with E-state index in [0.29, 0.717) is 12.5 Å². The topological polar surface area (TPSA) is 44.5 Å². The Morgan fingerprint density at radius 3 is 2.85 bits per heavy atom. The van der Waals surface area contributed by atoms with Crippen molar-refractivity contribution in [3.8, 4) is 0 Å². The molecule has 1 aliphatic heterocycles. The van der Waals surface area contributed by atoms with Gasteiger partial charge >= 0.3 is 0 Å². The van der Waals surface area contributed by atoms with Crippen molar-refractivity contribution < 1.29 is 9.47 Å². The van der Waals surface area contributed by atoms with E-state index in [0.717, 1.165) is 32.7 Å². The lowest BCUT2D eigenvalue weighted by Crippen LogP contribution is -2.38. The molecule has 78 valence electrons. The van der Waals surface area contributed by atoms with Gasteiger partial charge in [-0.2, -0.15) is 0 Å². The second-order valence-corrected chi connectivity index (χ2v) is 4.05. The lowest BCUT2D eigenvalue weighted by Gasteiger charge is -2.28. The highest BCUT2D eigenvalue weighted by Crippen LogP contribution is 2.18. The summed E-state index contributed by atoms with van der Waals surface area (Å²) in [6.45, 7) is 7.31. The fourth-order valence-corrected chi connectivity index (χ4v) is 1.34. The van der Waals surface area contributed by atoms with Crippen molar-refractivity contribution in [1.82, 2.24) is 0 Å². The van der Waals surface area contributed by atoms with Crippen LogP contribution >= 0.6 is 0 Å². The Balaban J connectivity index is 2.22. The number of hydrogen-bond acceptors (Lipinski definition) is 3. The molecule has 0 saturated carbocycles. The molecule has 0 bridgehead atoms. The van der Waals surface area contributed by atoms with Crippen LogP contribution in [0.15, 0.2) is 0 Å². The monoisotopic (exact) mass is 187 g/mol. The second-order valence-electron chi connectivity index (χ2n) is 4.05. The Hall–Kier alpha value is -0.120. The molecule has 1 rings (SSSR count). The number of rotatable bonds is 5. The average Bonchev–Trinajstić information content (AvgIpc) is 2.67. The van der Waals surface area contributed by atoms with E-state index in [4.69, 9.17) is 15.2 Å². The lowest BCUT2D eigenvalue weighted by atomic mass is 10.0. The maximum Gasteiger partial charge on any atom is 0.0773 e. The van der Waals surface area contributed by atoms with Crippen molar-refractivity contribution in [2.24, 2.45) is 11.7 Å². The summed E-state index contributed by atoms with van der Waals surface area (Å²) in [5.74, 6) is 0.581. The molecular weight excluding hydrogens is 166 g/mol. The number of nitrogens with two attached hydrogens (primary N) is 1. The van der Waals surface area contributed by atoms with Crippen LogP contribution in [0.5, 0.6) is 0 Å². The summed E-state index contributed by atoms with van der Waals surface area (Å²) in [6, 6.07) is 0. The zero-order valence-electron chi connectivity index (χ0n) is 8.71. The van der Waals surface area contributed by atoms with Gasteiger partial charge in [-0.1, -0.05) is 6.92 Å². The lowest BCUT2D eigenvalue weighted by molar-refractivity contribution is -0.0448. The fraction of sp³-hybridized carbons (Fsp3) is 1.00. The Morgan fingerprint density at radius 2 is 2.38 bits per heavy atom. The zero-order chi connectivity index (χ0) is 9.73. The smallest absolute Gasteiger partial charge is 0.0773 e. The zero-order valence-corrected chi connectivity index (χ0v) is 8.71. The molecule has 1 saturated heterocycles. The SMILES string of the molecule is CCC(C)(CN)OCC1CCOC1. The van der Waals surface area contributed by atoms with Crippen LogP contribution in [0.3, 0.4) is 0 Å². The van der Waals surface area contributed by atoms with Crippen molar-refractivity contribution in [2.75, 3.05) is 26.4 Å². The Morgan fingerprint density at radius 1 is 1.62 bits per heavy atom. The maximum atomic E-state index is 5.81. The van der Waals surface area contributed by atoms with Crippen molar-refractivity contribution >= 4 is 0 Å². The summed E-state index contributed by atoms with van der Waals surface area (Å²) in [4.78, 5) is 0. The third-order valence-corrected chi connectivity index (χ3v) is 2.87. The Kier molecular flexibility index (Phi) is 4.16. The van der Waals surface area contributed by atoms with Gasteiger partial charge in [0.05, 0.1) is 18.8 Å². The fourth-order valence-electron chi connectivity index (χ4n) is 1.34. The van der Waals surface area contributed by atoms with Crippen LogP contribution in [-0.2, 0) is 9.47 Å². The average molecular weight is 187 g/mol. The third-order valence-electron chi connectivity index (χ3n) is 2.87. The van der Waals surface area contributed by atoms with Crippen molar-refractivity contribution in [3.05, 3.63) is 0 Å². The summed E-state index contributed by atoms with van der Waals surface area (Å²) >= 11 is 0. The Labute approximate surface area is 80.6 Å². The largest absolute Gasteiger partial charge is 0.381 e. The molecule has 0 radical (unpaired) electrons. The van der Waals surface area contributed by atoms with Crippen molar-refractivity contribution in [2.45, 2.75) is 32.3 Å². The molecule has 2 unspecified atom stereocenters. The predicted octanol–water partition coefficient (Wildman–Crippen LogP) is 1.17. The molecule has 2 atom stereocenters. The molecule has 0 spiro atoms. The van der Waals surface area contributed by atoms with E-state index in [1.165, 1.54) is 0 Å². The highest BCUT2D eigenvalue weighted by molar-refractivity contribution is 4.75. The van der Waals surface area contributed by atoms with Crippen molar-refractivity contribution in [1.29, 1.82) is 0 Å². The van der Waals surface area contributed by atoms with Gasteiger partial charge in [0.25, 0.3) is 0 Å².